The molecule has 0 atom stereocenters. The van der Waals surface area contributed by atoms with Gasteiger partial charge in [0.05, 0.1) is 23.7 Å². The van der Waals surface area contributed by atoms with Crippen molar-refractivity contribution in [1.29, 1.82) is 0 Å². The minimum Gasteiger partial charge on any atom is -0.452 e. The van der Waals surface area contributed by atoms with Gasteiger partial charge in [0.15, 0.2) is 12.3 Å². The third kappa shape index (κ3) is 4.61. The second-order valence-electron chi connectivity index (χ2n) is 7.06. The molecule has 11 nitrogen and oxygen atoms in total. The zero-order valence-electron chi connectivity index (χ0n) is 17.2. The minimum absolute atomic E-state index is 0.0619. The number of amides is 1. The molecule has 1 aliphatic heterocycles. The fraction of sp³-hybridized carbons (Fsp3) is 0.300. The number of pyridine rings is 1. The molecular weight excluding hydrogens is 438 g/mol. The van der Waals surface area contributed by atoms with Crippen LogP contribution in [0.5, 0.6) is 0 Å². The predicted octanol–water partition coefficient (Wildman–Crippen LogP) is 0.854. The van der Waals surface area contributed by atoms with E-state index in [1.54, 1.807) is 23.5 Å². The molecule has 168 valence electrons. The number of ether oxygens (including phenoxy) is 2. The number of hydrogen-bond donors (Lipinski definition) is 1. The molecule has 1 aliphatic rings. The first-order valence-corrected chi connectivity index (χ1v) is 11.2. The number of rotatable bonds is 6. The van der Waals surface area contributed by atoms with E-state index in [0.29, 0.717) is 24.7 Å². The van der Waals surface area contributed by atoms with Crippen LogP contribution in [-0.4, -0.2) is 72.1 Å². The fourth-order valence-corrected chi connectivity index (χ4v) is 4.66. The first kappa shape index (κ1) is 21.9. The van der Waals surface area contributed by atoms with Crippen molar-refractivity contribution in [1.82, 2.24) is 18.9 Å². The number of carbonyl (C=O) groups excluding carboxylic acids is 2. The van der Waals surface area contributed by atoms with Crippen LogP contribution in [0.4, 0.5) is 5.69 Å². The van der Waals surface area contributed by atoms with Gasteiger partial charge in [-0.05, 0) is 37.3 Å². The van der Waals surface area contributed by atoms with Gasteiger partial charge in [0.1, 0.15) is 5.82 Å². The first-order valence-electron chi connectivity index (χ1n) is 9.81. The molecule has 1 aromatic carbocycles. The van der Waals surface area contributed by atoms with Crippen molar-refractivity contribution in [2.75, 3.05) is 38.2 Å². The van der Waals surface area contributed by atoms with Crippen LogP contribution in [0, 0.1) is 6.92 Å². The van der Waals surface area contributed by atoms with Crippen molar-refractivity contribution >= 4 is 33.2 Å². The molecule has 0 radical (unpaired) electrons. The Morgan fingerprint density at radius 2 is 1.94 bits per heavy atom. The van der Waals surface area contributed by atoms with E-state index in [0.717, 1.165) is 0 Å². The molecule has 1 fully saturated rings. The summed E-state index contributed by atoms with van der Waals surface area (Å²) in [5, 5.41) is 10.4. The molecule has 0 unspecified atom stereocenters. The monoisotopic (exact) mass is 459 g/mol. The number of benzene rings is 1. The lowest BCUT2D eigenvalue weighted by atomic mass is 10.3. The number of sulfonamides is 1. The average Bonchev–Trinajstić information content (AvgIpc) is 3.18. The zero-order chi connectivity index (χ0) is 22.7. The van der Waals surface area contributed by atoms with E-state index in [-0.39, 0.29) is 29.2 Å². The number of carbonyl (C=O) groups is 2. The lowest BCUT2D eigenvalue weighted by Crippen LogP contribution is -2.40. The molecule has 4 rings (SSSR count). The smallest absolute Gasteiger partial charge is 0.340 e. The quantitative estimate of drug-likeness (QED) is 0.537. The maximum atomic E-state index is 12.8. The van der Waals surface area contributed by atoms with Crippen LogP contribution < -0.4 is 5.32 Å². The van der Waals surface area contributed by atoms with Crippen molar-refractivity contribution in [2.45, 2.75) is 11.8 Å². The SMILES string of the molecule is Cc1nnc2ccc(C(=O)OCC(=O)Nc3cccc(S(=O)(=O)N4CCOCC4)c3)cn12. The molecule has 0 saturated carbocycles. The van der Waals surface area contributed by atoms with Crippen LogP contribution in [0.25, 0.3) is 5.65 Å². The lowest BCUT2D eigenvalue weighted by molar-refractivity contribution is -0.119. The van der Waals surface area contributed by atoms with Gasteiger partial charge >= 0.3 is 5.97 Å². The maximum absolute atomic E-state index is 12.8. The van der Waals surface area contributed by atoms with Crippen LogP contribution in [0.3, 0.4) is 0 Å². The molecular formula is C20H21N5O6S. The molecule has 3 heterocycles. The highest BCUT2D eigenvalue weighted by atomic mass is 32.2. The van der Waals surface area contributed by atoms with Gasteiger partial charge in [-0.1, -0.05) is 6.07 Å². The van der Waals surface area contributed by atoms with Gasteiger partial charge in [0.25, 0.3) is 5.91 Å². The normalized spacial score (nSPS) is 14.9. The average molecular weight is 459 g/mol. The van der Waals surface area contributed by atoms with Crippen LogP contribution in [0.15, 0.2) is 47.5 Å². The van der Waals surface area contributed by atoms with E-state index in [9.17, 15) is 18.0 Å². The van der Waals surface area contributed by atoms with Gasteiger partial charge in [-0.25, -0.2) is 13.2 Å². The summed E-state index contributed by atoms with van der Waals surface area (Å²) in [5.74, 6) is -0.668. The van der Waals surface area contributed by atoms with E-state index in [1.165, 1.54) is 34.8 Å². The Balaban J connectivity index is 1.38. The first-order chi connectivity index (χ1) is 15.3. The minimum atomic E-state index is -3.69. The second-order valence-corrected chi connectivity index (χ2v) is 9.00. The van der Waals surface area contributed by atoms with Crippen LogP contribution in [0.1, 0.15) is 16.2 Å². The number of aryl methyl sites for hydroxylation is 1. The van der Waals surface area contributed by atoms with Gasteiger partial charge in [0, 0.05) is 25.0 Å². The molecule has 12 heteroatoms. The van der Waals surface area contributed by atoms with Gasteiger partial charge in [-0.15, -0.1) is 10.2 Å². The Morgan fingerprint density at radius 3 is 2.72 bits per heavy atom. The molecule has 0 bridgehead atoms. The van der Waals surface area contributed by atoms with E-state index in [2.05, 4.69) is 15.5 Å². The Bertz CT molecular complexity index is 1270. The number of anilines is 1. The largest absolute Gasteiger partial charge is 0.452 e. The van der Waals surface area contributed by atoms with Gasteiger partial charge in [-0.3, -0.25) is 9.20 Å². The second kappa shape index (κ2) is 9.02. The summed E-state index contributed by atoms with van der Waals surface area (Å²) in [6.07, 6.45) is 1.53. The van der Waals surface area contributed by atoms with Gasteiger partial charge < -0.3 is 14.8 Å². The van der Waals surface area contributed by atoms with E-state index in [4.69, 9.17) is 9.47 Å². The molecule has 0 aliphatic carbocycles. The molecule has 1 saturated heterocycles. The number of esters is 1. The summed E-state index contributed by atoms with van der Waals surface area (Å²) in [6.45, 7) is 2.44. The molecule has 32 heavy (non-hydrogen) atoms. The van der Waals surface area contributed by atoms with Crippen LogP contribution in [-0.2, 0) is 24.3 Å². The summed E-state index contributed by atoms with van der Waals surface area (Å²) < 4.78 is 38.8. The Hall–Kier alpha value is -3.35. The van der Waals surface area contributed by atoms with Crippen LogP contribution in [0.2, 0.25) is 0 Å². The Kier molecular flexibility index (Phi) is 6.17. The maximum Gasteiger partial charge on any atom is 0.340 e. The highest BCUT2D eigenvalue weighted by Gasteiger charge is 2.26. The number of nitrogens with one attached hydrogen (secondary N) is 1. The van der Waals surface area contributed by atoms with E-state index in [1.807, 2.05) is 0 Å². The number of hydrogen-bond acceptors (Lipinski definition) is 8. The Morgan fingerprint density at radius 1 is 1.16 bits per heavy atom. The molecule has 1 amide bonds. The predicted molar refractivity (Wildman–Crippen MR) is 113 cm³/mol. The van der Waals surface area contributed by atoms with Gasteiger partial charge in [-0.2, -0.15) is 4.31 Å². The molecule has 2 aromatic heterocycles. The van der Waals surface area contributed by atoms with Gasteiger partial charge in [0.2, 0.25) is 10.0 Å². The standard InChI is InChI=1S/C20H21N5O6S/c1-14-22-23-18-6-5-15(12-25(14)18)20(27)31-13-19(26)21-16-3-2-4-17(11-16)32(28,29)24-7-9-30-10-8-24/h2-6,11-12H,7-10,13H2,1H3,(H,21,26). The van der Waals surface area contributed by atoms with Crippen molar-refractivity contribution < 1.29 is 27.5 Å². The molecule has 3 aromatic rings. The van der Waals surface area contributed by atoms with Crippen LogP contribution >= 0.6 is 0 Å². The summed E-state index contributed by atoms with van der Waals surface area (Å²) in [6, 6.07) is 9.07. The summed E-state index contributed by atoms with van der Waals surface area (Å²) in [7, 11) is -3.69. The molecule has 0 spiro atoms. The highest BCUT2D eigenvalue weighted by Crippen LogP contribution is 2.20. The fourth-order valence-electron chi connectivity index (χ4n) is 3.21. The summed E-state index contributed by atoms with van der Waals surface area (Å²) in [5.41, 5.74) is 1.11. The summed E-state index contributed by atoms with van der Waals surface area (Å²) >= 11 is 0. The zero-order valence-corrected chi connectivity index (χ0v) is 18.0. The van der Waals surface area contributed by atoms with Crippen molar-refractivity contribution in [3.8, 4) is 0 Å². The number of aromatic nitrogens is 3. The topological polar surface area (TPSA) is 132 Å². The van der Waals surface area contributed by atoms with E-state index < -0.39 is 28.5 Å². The molecule has 1 N–H and O–H groups in total. The third-order valence-electron chi connectivity index (χ3n) is 4.87. The van der Waals surface area contributed by atoms with Crippen molar-refractivity contribution in [3.63, 3.8) is 0 Å². The van der Waals surface area contributed by atoms with Crippen molar-refractivity contribution in [3.05, 3.63) is 54.0 Å². The third-order valence-corrected chi connectivity index (χ3v) is 6.76. The summed E-state index contributed by atoms with van der Waals surface area (Å²) in [4.78, 5) is 24.6. The lowest BCUT2D eigenvalue weighted by Gasteiger charge is -2.26. The Labute approximate surface area is 184 Å². The number of nitrogens with zero attached hydrogens (tertiary/aromatic N) is 4. The van der Waals surface area contributed by atoms with E-state index >= 15 is 0 Å². The number of morpholine rings is 1. The van der Waals surface area contributed by atoms with Crippen molar-refractivity contribution in [2.24, 2.45) is 0 Å². The highest BCUT2D eigenvalue weighted by molar-refractivity contribution is 7.89. The number of fused-ring (bicyclic) bond motifs is 1.